The number of nitrogens with two attached hydrogens (primary N) is 1. The van der Waals surface area contributed by atoms with Gasteiger partial charge in [-0.25, -0.2) is 13.6 Å². The zero-order valence-corrected chi connectivity index (χ0v) is 16.5. The van der Waals surface area contributed by atoms with Crippen molar-refractivity contribution < 1.29 is 22.7 Å². The topological polar surface area (TPSA) is 108 Å². The van der Waals surface area contributed by atoms with Gasteiger partial charge in [0.1, 0.15) is 11.5 Å². The average Bonchev–Trinajstić information content (AvgIpc) is 3.19. The number of ether oxygens (including phenoxy) is 2. The quantitative estimate of drug-likeness (QED) is 0.737. The number of rotatable bonds is 7. The number of nitrogens with one attached hydrogen (secondary N) is 1. The van der Waals surface area contributed by atoms with E-state index < -0.39 is 15.9 Å². The van der Waals surface area contributed by atoms with Gasteiger partial charge < -0.3 is 14.8 Å². The van der Waals surface area contributed by atoms with Crippen LogP contribution in [0.3, 0.4) is 0 Å². The Balaban J connectivity index is 1.76. The van der Waals surface area contributed by atoms with Crippen LogP contribution >= 0.6 is 0 Å². The molecule has 150 valence electrons. The first-order valence-corrected chi connectivity index (χ1v) is 10.7. The number of para-hydroxylation sites is 1. The van der Waals surface area contributed by atoms with Crippen molar-refractivity contribution in [2.45, 2.75) is 43.2 Å². The summed E-state index contributed by atoms with van der Waals surface area (Å²) in [6.07, 6.45) is 4.63. The number of benzene rings is 2. The minimum absolute atomic E-state index is 0.100. The minimum Gasteiger partial charge on any atom is -0.496 e. The molecule has 0 aromatic heterocycles. The average molecular weight is 404 g/mol. The molecule has 8 heteroatoms. The summed E-state index contributed by atoms with van der Waals surface area (Å²) in [5.41, 5.74) is 0.951. The Kier molecular flexibility index (Phi) is 6.21. The van der Waals surface area contributed by atoms with E-state index in [1.165, 1.54) is 38.2 Å². The second kappa shape index (κ2) is 8.62. The predicted octanol–water partition coefficient (Wildman–Crippen LogP) is 2.59. The summed E-state index contributed by atoms with van der Waals surface area (Å²) in [6.45, 7) is 0.241. The molecule has 1 amide bonds. The first kappa shape index (κ1) is 20.2. The van der Waals surface area contributed by atoms with Crippen LogP contribution < -0.4 is 19.9 Å². The first-order valence-electron chi connectivity index (χ1n) is 9.12. The maximum atomic E-state index is 12.7. The van der Waals surface area contributed by atoms with Crippen molar-refractivity contribution in [3.05, 3.63) is 53.6 Å². The predicted molar refractivity (Wildman–Crippen MR) is 105 cm³/mol. The van der Waals surface area contributed by atoms with E-state index in [0.29, 0.717) is 0 Å². The second-order valence-corrected chi connectivity index (χ2v) is 8.28. The normalized spacial score (nSPS) is 14.6. The zero-order chi connectivity index (χ0) is 20.1. The number of primary sulfonamides is 1. The highest BCUT2D eigenvalue weighted by atomic mass is 32.2. The summed E-state index contributed by atoms with van der Waals surface area (Å²) >= 11 is 0. The highest BCUT2D eigenvalue weighted by Crippen LogP contribution is 2.27. The Labute approximate surface area is 164 Å². The van der Waals surface area contributed by atoms with E-state index in [2.05, 4.69) is 5.32 Å². The van der Waals surface area contributed by atoms with Crippen molar-refractivity contribution in [1.82, 2.24) is 5.32 Å². The molecule has 0 spiro atoms. The van der Waals surface area contributed by atoms with E-state index in [9.17, 15) is 13.2 Å². The molecule has 0 atom stereocenters. The van der Waals surface area contributed by atoms with Gasteiger partial charge in [-0.1, -0.05) is 18.2 Å². The Hall–Kier alpha value is -2.58. The fourth-order valence-electron chi connectivity index (χ4n) is 3.26. The fraction of sp³-hybridized carbons (Fsp3) is 0.350. The summed E-state index contributed by atoms with van der Waals surface area (Å²) in [5.74, 6) is 0.554. The molecular weight excluding hydrogens is 380 g/mol. The van der Waals surface area contributed by atoms with E-state index in [-0.39, 0.29) is 28.9 Å². The van der Waals surface area contributed by atoms with E-state index in [1.807, 2.05) is 24.3 Å². The maximum Gasteiger partial charge on any atom is 0.255 e. The summed E-state index contributed by atoms with van der Waals surface area (Å²) in [4.78, 5) is 12.5. The first-order chi connectivity index (χ1) is 13.4. The molecule has 1 fully saturated rings. The molecule has 1 aliphatic rings. The zero-order valence-electron chi connectivity index (χ0n) is 15.7. The van der Waals surface area contributed by atoms with Crippen LogP contribution in [0.4, 0.5) is 0 Å². The van der Waals surface area contributed by atoms with E-state index in [1.54, 1.807) is 0 Å². The fourth-order valence-corrected chi connectivity index (χ4v) is 3.80. The summed E-state index contributed by atoms with van der Waals surface area (Å²) in [5, 5.41) is 7.96. The standard InChI is InChI=1S/C20H24N2O5S/c1-26-19-11-10-16(28(21,24)25)12-17(19)20(23)22-13-14-6-2-5-9-18(14)27-15-7-3-4-8-15/h2,5-6,9-12,15H,3-4,7-8,13H2,1H3,(H,22,23)(H2,21,24,25). The number of amides is 1. The Morgan fingerprint density at radius 1 is 1.14 bits per heavy atom. The van der Waals surface area contributed by atoms with Crippen molar-refractivity contribution >= 4 is 15.9 Å². The number of hydrogen-bond acceptors (Lipinski definition) is 5. The van der Waals surface area contributed by atoms with Crippen LogP contribution in [0.1, 0.15) is 41.6 Å². The molecule has 7 nitrogen and oxygen atoms in total. The van der Waals surface area contributed by atoms with Gasteiger partial charge in [-0.3, -0.25) is 4.79 Å². The van der Waals surface area contributed by atoms with Crippen LogP contribution in [-0.4, -0.2) is 27.5 Å². The number of methoxy groups -OCH3 is 1. The molecule has 2 aromatic carbocycles. The van der Waals surface area contributed by atoms with Gasteiger partial charge in [0.05, 0.1) is 23.7 Å². The molecule has 28 heavy (non-hydrogen) atoms. The largest absolute Gasteiger partial charge is 0.496 e. The number of sulfonamides is 1. The van der Waals surface area contributed by atoms with E-state index in [4.69, 9.17) is 14.6 Å². The van der Waals surface area contributed by atoms with Gasteiger partial charge in [-0.05, 0) is 49.9 Å². The second-order valence-electron chi connectivity index (χ2n) is 6.72. The van der Waals surface area contributed by atoms with E-state index in [0.717, 1.165) is 24.2 Å². The highest BCUT2D eigenvalue weighted by molar-refractivity contribution is 7.89. The smallest absolute Gasteiger partial charge is 0.255 e. The SMILES string of the molecule is COc1ccc(S(N)(=O)=O)cc1C(=O)NCc1ccccc1OC1CCCC1. The van der Waals surface area contributed by atoms with E-state index >= 15 is 0 Å². The molecule has 1 saturated carbocycles. The third-order valence-corrected chi connectivity index (χ3v) is 5.66. The van der Waals surface area contributed by atoms with Crippen LogP contribution in [0.2, 0.25) is 0 Å². The van der Waals surface area contributed by atoms with Gasteiger partial charge in [-0.2, -0.15) is 0 Å². The van der Waals surface area contributed by atoms with Gasteiger partial charge in [0, 0.05) is 12.1 Å². The highest BCUT2D eigenvalue weighted by Gasteiger charge is 2.19. The van der Waals surface area contributed by atoms with Crippen LogP contribution in [0, 0.1) is 0 Å². The Morgan fingerprint density at radius 3 is 2.54 bits per heavy atom. The lowest BCUT2D eigenvalue weighted by molar-refractivity contribution is 0.0947. The number of hydrogen-bond donors (Lipinski definition) is 2. The molecular formula is C20H24N2O5S. The van der Waals surface area contributed by atoms with Crippen LogP contribution in [0.15, 0.2) is 47.4 Å². The molecule has 2 aromatic rings. The van der Waals surface area contributed by atoms with Crippen molar-refractivity contribution in [3.8, 4) is 11.5 Å². The monoisotopic (exact) mass is 404 g/mol. The van der Waals surface area contributed by atoms with Crippen LogP contribution in [0.5, 0.6) is 11.5 Å². The molecule has 0 radical (unpaired) electrons. The lowest BCUT2D eigenvalue weighted by Gasteiger charge is -2.17. The molecule has 0 aliphatic heterocycles. The van der Waals surface area contributed by atoms with Crippen molar-refractivity contribution in [3.63, 3.8) is 0 Å². The molecule has 1 aliphatic carbocycles. The van der Waals surface area contributed by atoms with Gasteiger partial charge in [0.25, 0.3) is 5.91 Å². The minimum atomic E-state index is -3.93. The number of carbonyl (C=O) groups is 1. The molecule has 0 unspecified atom stereocenters. The summed E-state index contributed by atoms with van der Waals surface area (Å²) in [7, 11) is -2.52. The molecule has 0 bridgehead atoms. The lowest BCUT2D eigenvalue weighted by atomic mass is 10.1. The lowest BCUT2D eigenvalue weighted by Crippen LogP contribution is -2.25. The third-order valence-electron chi connectivity index (χ3n) is 4.75. The molecule has 3 rings (SSSR count). The van der Waals surface area contributed by atoms with Crippen molar-refractivity contribution in [2.75, 3.05) is 7.11 Å². The van der Waals surface area contributed by atoms with Gasteiger partial charge >= 0.3 is 0 Å². The summed E-state index contributed by atoms with van der Waals surface area (Å²) in [6, 6.07) is 11.5. The van der Waals surface area contributed by atoms with Crippen LogP contribution in [-0.2, 0) is 16.6 Å². The van der Waals surface area contributed by atoms with Crippen LogP contribution in [0.25, 0.3) is 0 Å². The Bertz CT molecular complexity index is 953. The Morgan fingerprint density at radius 2 is 1.86 bits per heavy atom. The third kappa shape index (κ3) is 4.82. The van der Waals surface area contributed by atoms with Gasteiger partial charge in [0.2, 0.25) is 10.0 Å². The maximum absolute atomic E-state index is 12.7. The molecule has 3 N–H and O–H groups in total. The summed E-state index contributed by atoms with van der Waals surface area (Å²) < 4.78 is 34.4. The van der Waals surface area contributed by atoms with Crippen molar-refractivity contribution in [1.29, 1.82) is 0 Å². The van der Waals surface area contributed by atoms with Gasteiger partial charge in [-0.15, -0.1) is 0 Å². The van der Waals surface area contributed by atoms with Crippen molar-refractivity contribution in [2.24, 2.45) is 5.14 Å². The molecule has 0 heterocycles. The number of carbonyl (C=O) groups excluding carboxylic acids is 1. The molecule has 0 saturated heterocycles. The van der Waals surface area contributed by atoms with Gasteiger partial charge in [0.15, 0.2) is 0 Å².